The number of nitrogens with one attached hydrogen (secondary N) is 3. The molecule has 7 rings (SSSR count). The number of carbonyl (C=O) groups is 6. The summed E-state index contributed by atoms with van der Waals surface area (Å²) in [5.74, 6) is -0.00440. The first-order valence-electron chi connectivity index (χ1n) is 26.7. The Hall–Kier alpha value is -6.26. The molecule has 0 saturated carbocycles. The molecule has 0 spiro atoms. The van der Waals surface area contributed by atoms with Crippen molar-refractivity contribution >= 4 is 52.9 Å². The smallest absolute Gasteiger partial charge is 0.253 e. The Labute approximate surface area is 441 Å². The van der Waals surface area contributed by atoms with E-state index in [0.717, 1.165) is 85.3 Å². The summed E-state index contributed by atoms with van der Waals surface area (Å²) in [5, 5.41) is 19.5. The number of rotatable bonds is 21. The summed E-state index contributed by atoms with van der Waals surface area (Å²) in [7, 11) is 0. The van der Waals surface area contributed by atoms with Crippen LogP contribution in [0.1, 0.15) is 143 Å². The van der Waals surface area contributed by atoms with Crippen molar-refractivity contribution < 1.29 is 33.9 Å². The fourth-order valence-corrected chi connectivity index (χ4v) is 11.2. The number of β-amino-alcohol motifs (C(OH)–C–C–N with tert-alkyl or cyclic N) is 1. The summed E-state index contributed by atoms with van der Waals surface area (Å²) < 4.78 is 0. The predicted octanol–water partition coefficient (Wildman–Crippen LogP) is 7.83. The quantitative estimate of drug-likeness (QED) is 0.0476. The number of benzene rings is 2. The van der Waals surface area contributed by atoms with Crippen LogP contribution in [0.5, 0.6) is 0 Å². The van der Waals surface area contributed by atoms with E-state index in [0.29, 0.717) is 62.7 Å². The standard InChI is InChI=1S/C58H76N8O7S/c1-40-53(74-39-62-40)46-18-15-43(16-19-46)37-61-55(71)49-35-48(67)38-66(49)57(73)54(58(2,3)4)63-51(69)13-6-5-7-14-52(70)64-33-27-45(28-34-64)44-20-22-47(23-21-44)56(72)65-31-25-41(26-32-65)11-8-9-30-60-50(68)24-17-42-12-10-29-59-36-42/h10,12,15-24,29,36,39,41,45,48-49,54,67H,5-9,11,13-14,25-28,30-35,37-38H2,1-4H3,(H,60,68)(H,61,71)(H,63,69)/b24-17+/t48-,49+,54-/m1/s1. The molecule has 6 amide bonds. The average Bonchev–Trinajstić information content (AvgIpc) is 4.03. The Morgan fingerprint density at radius 1 is 0.838 bits per heavy atom. The van der Waals surface area contributed by atoms with Gasteiger partial charge in [0, 0.05) is 89.1 Å². The molecule has 4 N–H and O–H groups in total. The number of hydrogen-bond acceptors (Lipinski definition) is 10. The second kappa shape index (κ2) is 26.8. The fourth-order valence-electron chi connectivity index (χ4n) is 10.4. The van der Waals surface area contributed by atoms with Gasteiger partial charge < -0.3 is 35.8 Å². The molecule has 16 heteroatoms. The SMILES string of the molecule is Cc1ncsc1-c1ccc(CNC(=O)[C@@H]2C[C@@H](O)CN2C(=O)[C@@H](NC(=O)CCCCCC(=O)N2CCC(c3ccc(C(=O)N4CCC(CCCCNC(=O)/C=C/c5cccnc5)CC4)cc3)CC2)C(C)(C)C)cc1. The van der Waals surface area contributed by atoms with E-state index < -0.39 is 29.5 Å². The number of aryl methyl sites for hydroxylation is 1. The van der Waals surface area contributed by atoms with Gasteiger partial charge >= 0.3 is 0 Å². The molecule has 3 saturated heterocycles. The maximum atomic E-state index is 14.1. The second-order valence-corrected chi connectivity index (χ2v) is 22.3. The van der Waals surface area contributed by atoms with Crippen LogP contribution in [0.25, 0.3) is 16.5 Å². The Morgan fingerprint density at radius 3 is 2.23 bits per heavy atom. The van der Waals surface area contributed by atoms with E-state index in [1.54, 1.807) is 35.9 Å². The van der Waals surface area contributed by atoms with E-state index in [1.165, 1.54) is 10.5 Å². The molecular formula is C58H76N8O7S. The first-order chi connectivity index (χ1) is 35.6. The first kappa shape index (κ1) is 55.5. The van der Waals surface area contributed by atoms with Crippen LogP contribution in [0.3, 0.4) is 0 Å². The molecule has 396 valence electrons. The van der Waals surface area contributed by atoms with E-state index in [9.17, 15) is 33.9 Å². The number of unbranched alkanes of at least 4 members (excludes halogenated alkanes) is 3. The van der Waals surface area contributed by atoms with Crippen molar-refractivity contribution in [3.05, 3.63) is 113 Å². The molecule has 3 atom stereocenters. The maximum absolute atomic E-state index is 14.1. The van der Waals surface area contributed by atoms with Crippen LogP contribution >= 0.6 is 11.3 Å². The van der Waals surface area contributed by atoms with E-state index in [2.05, 4.69) is 38.1 Å². The van der Waals surface area contributed by atoms with Crippen LogP contribution in [-0.2, 0) is 30.5 Å². The average molecular weight is 1030 g/mol. The van der Waals surface area contributed by atoms with Crippen molar-refractivity contribution in [1.82, 2.24) is 40.6 Å². The van der Waals surface area contributed by atoms with Gasteiger partial charge in [-0.05, 0) is 116 Å². The number of aromatic nitrogens is 2. The van der Waals surface area contributed by atoms with Gasteiger partial charge in [-0.15, -0.1) is 11.3 Å². The molecule has 3 aliphatic heterocycles. The lowest BCUT2D eigenvalue weighted by Gasteiger charge is -2.35. The van der Waals surface area contributed by atoms with E-state index in [1.807, 2.05) is 91.5 Å². The fraction of sp³-hybridized carbons (Fsp3) is 0.517. The number of hydrogen-bond donors (Lipinski definition) is 4. The highest BCUT2D eigenvalue weighted by molar-refractivity contribution is 7.13. The zero-order chi connectivity index (χ0) is 52.6. The first-order valence-corrected chi connectivity index (χ1v) is 27.6. The third kappa shape index (κ3) is 15.9. The van der Waals surface area contributed by atoms with Gasteiger partial charge in [-0.1, -0.05) is 82.5 Å². The van der Waals surface area contributed by atoms with Gasteiger partial charge in [0.25, 0.3) is 5.91 Å². The summed E-state index contributed by atoms with van der Waals surface area (Å²) in [6, 6.07) is 17.9. The summed E-state index contributed by atoms with van der Waals surface area (Å²) >= 11 is 1.58. The number of aliphatic hydroxyl groups is 1. The minimum absolute atomic E-state index is 0.00586. The Kier molecular flexibility index (Phi) is 20.1. The molecule has 3 aliphatic rings. The van der Waals surface area contributed by atoms with Crippen LogP contribution in [-0.4, -0.2) is 123 Å². The van der Waals surface area contributed by atoms with Gasteiger partial charge in [0.2, 0.25) is 29.5 Å². The Morgan fingerprint density at radius 2 is 1.55 bits per heavy atom. The highest BCUT2D eigenvalue weighted by atomic mass is 32.1. The largest absolute Gasteiger partial charge is 0.391 e. The molecule has 3 fully saturated rings. The van der Waals surface area contributed by atoms with Crippen LogP contribution in [0.15, 0.2) is 84.6 Å². The lowest BCUT2D eigenvalue weighted by Crippen LogP contribution is -2.57. The molecular weight excluding hydrogens is 953 g/mol. The molecule has 2 aromatic heterocycles. The number of piperidine rings is 2. The number of amides is 6. The second-order valence-electron chi connectivity index (χ2n) is 21.4. The van der Waals surface area contributed by atoms with Gasteiger partial charge in [-0.25, -0.2) is 4.98 Å². The molecule has 0 aliphatic carbocycles. The number of nitrogens with zero attached hydrogens (tertiary/aromatic N) is 5. The molecule has 0 bridgehead atoms. The molecule has 74 heavy (non-hydrogen) atoms. The lowest BCUT2D eigenvalue weighted by molar-refractivity contribution is -0.144. The summed E-state index contributed by atoms with van der Waals surface area (Å²) in [6.07, 6.45) is 15.3. The number of aliphatic hydroxyl groups excluding tert-OH is 1. The van der Waals surface area contributed by atoms with E-state index in [-0.39, 0.29) is 55.5 Å². The van der Waals surface area contributed by atoms with Crippen molar-refractivity contribution in [2.75, 3.05) is 39.3 Å². The Bertz CT molecular complexity index is 2530. The van der Waals surface area contributed by atoms with Crippen molar-refractivity contribution in [2.24, 2.45) is 11.3 Å². The van der Waals surface area contributed by atoms with E-state index in [4.69, 9.17) is 0 Å². The number of thiazole rings is 1. The molecule has 5 heterocycles. The topological polar surface area (TPSA) is 194 Å². The zero-order valence-electron chi connectivity index (χ0n) is 43.7. The van der Waals surface area contributed by atoms with Crippen molar-refractivity contribution in [2.45, 2.75) is 142 Å². The summed E-state index contributed by atoms with van der Waals surface area (Å²) in [6.45, 7) is 11.4. The van der Waals surface area contributed by atoms with Crippen LogP contribution in [0.2, 0.25) is 0 Å². The monoisotopic (exact) mass is 1030 g/mol. The number of carbonyl (C=O) groups excluding carboxylic acids is 6. The molecule has 4 aromatic rings. The minimum atomic E-state index is -0.902. The Balaban J connectivity index is 0.752. The maximum Gasteiger partial charge on any atom is 0.253 e. The summed E-state index contributed by atoms with van der Waals surface area (Å²) in [5.41, 5.74) is 6.88. The van der Waals surface area contributed by atoms with Crippen molar-refractivity contribution in [3.63, 3.8) is 0 Å². The van der Waals surface area contributed by atoms with Crippen molar-refractivity contribution in [1.29, 1.82) is 0 Å². The molecule has 0 radical (unpaired) electrons. The zero-order valence-corrected chi connectivity index (χ0v) is 44.5. The van der Waals surface area contributed by atoms with Crippen LogP contribution in [0.4, 0.5) is 0 Å². The lowest BCUT2D eigenvalue weighted by atomic mass is 9.85. The van der Waals surface area contributed by atoms with Crippen molar-refractivity contribution in [3.8, 4) is 10.4 Å². The van der Waals surface area contributed by atoms with Gasteiger partial charge in [-0.3, -0.25) is 33.8 Å². The third-order valence-corrected chi connectivity index (χ3v) is 15.8. The number of likely N-dealkylation sites (tertiary alicyclic amines) is 3. The molecule has 15 nitrogen and oxygen atoms in total. The van der Waals surface area contributed by atoms with Gasteiger partial charge in [0.1, 0.15) is 12.1 Å². The third-order valence-electron chi connectivity index (χ3n) is 14.8. The highest BCUT2D eigenvalue weighted by Gasteiger charge is 2.44. The molecule has 0 unspecified atom stereocenters. The molecule has 2 aromatic carbocycles. The highest BCUT2D eigenvalue weighted by Crippen LogP contribution is 2.31. The predicted molar refractivity (Wildman–Crippen MR) is 288 cm³/mol. The minimum Gasteiger partial charge on any atom is -0.391 e. The van der Waals surface area contributed by atoms with Gasteiger partial charge in [0.05, 0.1) is 22.2 Å². The van der Waals surface area contributed by atoms with E-state index >= 15 is 0 Å². The number of pyridine rings is 1. The summed E-state index contributed by atoms with van der Waals surface area (Å²) in [4.78, 5) is 94.4. The van der Waals surface area contributed by atoms with Gasteiger partial charge in [-0.2, -0.15) is 0 Å². The van der Waals surface area contributed by atoms with Crippen LogP contribution in [0, 0.1) is 18.3 Å². The normalized spacial score (nSPS) is 18.1. The van der Waals surface area contributed by atoms with Crippen LogP contribution < -0.4 is 16.0 Å². The van der Waals surface area contributed by atoms with Gasteiger partial charge in [0.15, 0.2) is 0 Å².